The molecule has 1 aromatic rings. The Hall–Kier alpha value is -1.06. The highest BCUT2D eigenvalue weighted by atomic mass is 35.5. The number of halogens is 1. The molecular weight excluding hydrogens is 272 g/mol. The lowest BCUT2D eigenvalue weighted by atomic mass is 10.0. The molecule has 20 heavy (non-hydrogen) atoms. The molecule has 0 aromatic heterocycles. The maximum Gasteiger partial charge on any atom is 0.222 e. The first-order valence-electron chi connectivity index (χ1n) is 7.39. The van der Waals surface area contributed by atoms with Crippen LogP contribution < -0.4 is 5.32 Å². The first-order valence-corrected chi connectivity index (χ1v) is 7.77. The van der Waals surface area contributed by atoms with Gasteiger partial charge in [-0.3, -0.25) is 4.79 Å². The van der Waals surface area contributed by atoms with Gasteiger partial charge in [-0.1, -0.05) is 30.7 Å². The van der Waals surface area contributed by atoms with Gasteiger partial charge < -0.3 is 10.2 Å². The zero-order valence-corrected chi connectivity index (χ0v) is 13.0. The number of nitrogens with zero attached hydrogens (tertiary/aromatic N) is 1. The summed E-state index contributed by atoms with van der Waals surface area (Å²) >= 11 is 5.93. The van der Waals surface area contributed by atoms with Crippen LogP contribution in [0.25, 0.3) is 0 Å². The number of benzene rings is 1. The Labute approximate surface area is 126 Å². The van der Waals surface area contributed by atoms with Gasteiger partial charge in [-0.25, -0.2) is 0 Å². The van der Waals surface area contributed by atoms with E-state index >= 15 is 0 Å². The van der Waals surface area contributed by atoms with Crippen LogP contribution in [0.5, 0.6) is 0 Å². The van der Waals surface area contributed by atoms with Gasteiger partial charge in [-0.15, -0.1) is 0 Å². The number of hydrogen-bond donors (Lipinski definition) is 1. The summed E-state index contributed by atoms with van der Waals surface area (Å²) in [5.41, 5.74) is 1.25. The molecule has 3 nitrogen and oxygen atoms in total. The summed E-state index contributed by atoms with van der Waals surface area (Å²) in [6.45, 7) is 6.01. The third kappa shape index (κ3) is 3.97. The van der Waals surface area contributed by atoms with Crippen molar-refractivity contribution in [3.63, 3.8) is 0 Å². The van der Waals surface area contributed by atoms with Gasteiger partial charge in [-0.05, 0) is 37.5 Å². The summed E-state index contributed by atoms with van der Waals surface area (Å²) in [6.07, 6.45) is 2.72. The lowest BCUT2D eigenvalue weighted by Gasteiger charge is -2.26. The van der Waals surface area contributed by atoms with Crippen LogP contribution in [-0.2, 0) is 4.79 Å². The predicted molar refractivity (Wildman–Crippen MR) is 82.9 cm³/mol. The molecule has 0 radical (unpaired) electrons. The summed E-state index contributed by atoms with van der Waals surface area (Å²) in [5, 5.41) is 4.38. The topological polar surface area (TPSA) is 32.3 Å². The molecule has 2 rings (SSSR count). The lowest BCUT2D eigenvalue weighted by Crippen LogP contribution is -2.41. The summed E-state index contributed by atoms with van der Waals surface area (Å²) in [6, 6.07) is 8.58. The maximum atomic E-state index is 11.7. The standard InChI is InChI=1S/C16H23ClN2O/c1-3-15(13-6-8-14(17)9-7-13)18-12(2)11-19-10-4-5-16(19)20/h6-9,12,15,18H,3-5,10-11H2,1-2H3. The number of likely N-dealkylation sites (tertiary alicyclic amines) is 1. The Morgan fingerprint density at radius 2 is 2.05 bits per heavy atom. The van der Waals surface area contributed by atoms with Crippen LogP contribution >= 0.6 is 11.6 Å². The van der Waals surface area contributed by atoms with Crippen LogP contribution in [0.2, 0.25) is 5.02 Å². The molecule has 1 aromatic carbocycles. The monoisotopic (exact) mass is 294 g/mol. The van der Waals surface area contributed by atoms with Crippen molar-refractivity contribution in [2.45, 2.75) is 45.2 Å². The molecule has 0 aliphatic carbocycles. The van der Waals surface area contributed by atoms with Crippen molar-refractivity contribution in [3.05, 3.63) is 34.9 Å². The van der Waals surface area contributed by atoms with E-state index in [-0.39, 0.29) is 11.9 Å². The van der Waals surface area contributed by atoms with Crippen LogP contribution in [-0.4, -0.2) is 29.9 Å². The van der Waals surface area contributed by atoms with Gasteiger partial charge in [0, 0.05) is 36.6 Å². The van der Waals surface area contributed by atoms with Crippen LogP contribution in [0.15, 0.2) is 24.3 Å². The van der Waals surface area contributed by atoms with Crippen LogP contribution in [0, 0.1) is 0 Å². The second kappa shape index (κ2) is 7.09. The van der Waals surface area contributed by atoms with Gasteiger partial charge >= 0.3 is 0 Å². The minimum atomic E-state index is 0.290. The largest absolute Gasteiger partial charge is 0.341 e. The van der Waals surface area contributed by atoms with Crippen molar-refractivity contribution < 1.29 is 4.79 Å². The van der Waals surface area contributed by atoms with E-state index in [1.54, 1.807) is 0 Å². The molecule has 1 saturated heterocycles. The number of amides is 1. The molecule has 2 unspecified atom stereocenters. The van der Waals surface area contributed by atoms with Gasteiger partial charge in [0.05, 0.1) is 0 Å². The summed E-state index contributed by atoms with van der Waals surface area (Å²) in [5.74, 6) is 0.290. The Bertz CT molecular complexity index is 446. The van der Waals surface area contributed by atoms with E-state index in [1.165, 1.54) is 5.56 Å². The van der Waals surface area contributed by atoms with Crippen LogP contribution in [0.4, 0.5) is 0 Å². The van der Waals surface area contributed by atoms with E-state index in [4.69, 9.17) is 11.6 Å². The first kappa shape index (κ1) is 15.3. The van der Waals surface area contributed by atoms with E-state index < -0.39 is 0 Å². The Morgan fingerprint density at radius 3 is 2.60 bits per heavy atom. The summed E-state index contributed by atoms with van der Waals surface area (Å²) in [7, 11) is 0. The Morgan fingerprint density at radius 1 is 1.35 bits per heavy atom. The maximum absolute atomic E-state index is 11.7. The fraction of sp³-hybridized carbons (Fsp3) is 0.562. The van der Waals surface area contributed by atoms with Gasteiger partial charge in [0.25, 0.3) is 0 Å². The molecular formula is C16H23ClN2O. The molecule has 1 aliphatic heterocycles. The van der Waals surface area contributed by atoms with Gasteiger partial charge in [-0.2, -0.15) is 0 Å². The van der Waals surface area contributed by atoms with E-state index in [0.717, 1.165) is 31.0 Å². The smallest absolute Gasteiger partial charge is 0.222 e. The molecule has 110 valence electrons. The van der Waals surface area contributed by atoms with Gasteiger partial charge in [0.2, 0.25) is 5.91 Å². The summed E-state index contributed by atoms with van der Waals surface area (Å²) < 4.78 is 0. The summed E-state index contributed by atoms with van der Waals surface area (Å²) in [4.78, 5) is 13.6. The van der Waals surface area contributed by atoms with Gasteiger partial charge in [0.15, 0.2) is 0 Å². The third-order valence-corrected chi connectivity index (χ3v) is 4.08. The molecule has 1 heterocycles. The average molecular weight is 295 g/mol. The number of carbonyl (C=O) groups is 1. The predicted octanol–water partition coefficient (Wildman–Crippen LogP) is 3.39. The highest BCUT2D eigenvalue weighted by molar-refractivity contribution is 6.30. The quantitative estimate of drug-likeness (QED) is 0.872. The normalized spacial score (nSPS) is 18.4. The number of hydrogen-bond acceptors (Lipinski definition) is 2. The third-order valence-electron chi connectivity index (χ3n) is 3.83. The van der Waals surface area contributed by atoms with E-state index in [0.29, 0.717) is 12.5 Å². The number of rotatable bonds is 6. The number of nitrogens with one attached hydrogen (secondary N) is 1. The van der Waals surface area contributed by atoms with E-state index in [1.807, 2.05) is 17.0 Å². The highest BCUT2D eigenvalue weighted by Gasteiger charge is 2.22. The van der Waals surface area contributed by atoms with Crippen LogP contribution in [0.3, 0.4) is 0 Å². The zero-order valence-electron chi connectivity index (χ0n) is 12.2. The SMILES string of the molecule is CCC(NC(C)CN1CCCC1=O)c1ccc(Cl)cc1. The Kier molecular flexibility index (Phi) is 5.44. The Balaban J connectivity index is 1.92. The fourth-order valence-corrected chi connectivity index (χ4v) is 2.89. The van der Waals surface area contributed by atoms with Crippen molar-refractivity contribution in [2.24, 2.45) is 0 Å². The molecule has 1 fully saturated rings. The minimum absolute atomic E-state index is 0.290. The highest BCUT2D eigenvalue weighted by Crippen LogP contribution is 2.20. The lowest BCUT2D eigenvalue weighted by molar-refractivity contribution is -0.127. The zero-order chi connectivity index (χ0) is 14.5. The molecule has 1 aliphatic rings. The molecule has 0 spiro atoms. The van der Waals surface area contributed by atoms with Crippen molar-refractivity contribution in [1.29, 1.82) is 0 Å². The fourth-order valence-electron chi connectivity index (χ4n) is 2.77. The number of carbonyl (C=O) groups excluding carboxylic acids is 1. The molecule has 2 atom stereocenters. The van der Waals surface area contributed by atoms with E-state index in [9.17, 15) is 4.79 Å². The average Bonchev–Trinajstić information content (AvgIpc) is 2.83. The molecule has 1 N–H and O–H groups in total. The first-order chi connectivity index (χ1) is 9.60. The molecule has 0 saturated carbocycles. The van der Waals surface area contributed by atoms with Gasteiger partial charge in [0.1, 0.15) is 0 Å². The second-order valence-corrected chi connectivity index (χ2v) is 5.96. The van der Waals surface area contributed by atoms with Crippen molar-refractivity contribution in [3.8, 4) is 0 Å². The minimum Gasteiger partial charge on any atom is -0.341 e. The van der Waals surface area contributed by atoms with Crippen molar-refractivity contribution in [2.75, 3.05) is 13.1 Å². The molecule has 1 amide bonds. The van der Waals surface area contributed by atoms with Crippen molar-refractivity contribution >= 4 is 17.5 Å². The van der Waals surface area contributed by atoms with E-state index in [2.05, 4.69) is 31.3 Å². The van der Waals surface area contributed by atoms with Crippen LogP contribution in [0.1, 0.15) is 44.7 Å². The van der Waals surface area contributed by atoms with Crippen molar-refractivity contribution in [1.82, 2.24) is 10.2 Å². The molecule has 4 heteroatoms. The molecule has 0 bridgehead atoms. The second-order valence-electron chi connectivity index (χ2n) is 5.52.